The van der Waals surface area contributed by atoms with E-state index < -0.39 is 0 Å². The molecule has 1 saturated heterocycles. The summed E-state index contributed by atoms with van der Waals surface area (Å²) in [6.45, 7) is 10.3. The second kappa shape index (κ2) is 7.60. The van der Waals surface area contributed by atoms with Gasteiger partial charge in [0.05, 0.1) is 19.8 Å². The highest BCUT2D eigenvalue weighted by molar-refractivity contribution is 6.03. The van der Waals surface area contributed by atoms with E-state index in [-0.39, 0.29) is 23.7 Å². The van der Waals surface area contributed by atoms with Crippen molar-refractivity contribution in [2.45, 2.75) is 40.2 Å². The van der Waals surface area contributed by atoms with Gasteiger partial charge in [-0.25, -0.2) is 0 Å². The average Bonchev–Trinajstić information content (AvgIpc) is 2.60. The van der Waals surface area contributed by atoms with Gasteiger partial charge in [0.2, 0.25) is 11.8 Å². The van der Waals surface area contributed by atoms with E-state index in [4.69, 9.17) is 4.74 Å². The number of hydrogen-bond donors (Lipinski definition) is 1. The van der Waals surface area contributed by atoms with Gasteiger partial charge in [0.15, 0.2) is 0 Å². The Kier molecular flexibility index (Phi) is 6.45. The maximum absolute atomic E-state index is 12.0. The summed E-state index contributed by atoms with van der Waals surface area (Å²) in [5, 5.41) is 3.24. The Bertz CT molecular complexity index is 316. The quantitative estimate of drug-likeness (QED) is 0.529. The third-order valence-electron chi connectivity index (χ3n) is 3.34. The molecule has 0 saturated carbocycles. The van der Waals surface area contributed by atoms with Crippen LogP contribution in [-0.2, 0) is 14.3 Å². The number of carbonyl (C=O) groups is 2. The van der Waals surface area contributed by atoms with Crippen molar-refractivity contribution in [2.75, 3.05) is 26.3 Å². The molecule has 1 heterocycles. The maximum atomic E-state index is 12.0. The van der Waals surface area contributed by atoms with Crippen molar-refractivity contribution in [1.82, 2.24) is 10.2 Å². The molecule has 0 spiro atoms. The molecule has 1 aliphatic heterocycles. The van der Waals surface area contributed by atoms with E-state index in [0.717, 1.165) is 6.54 Å². The highest BCUT2D eigenvalue weighted by Crippen LogP contribution is 2.25. The van der Waals surface area contributed by atoms with Gasteiger partial charge < -0.3 is 10.1 Å². The summed E-state index contributed by atoms with van der Waals surface area (Å²) in [6, 6.07) is 0.442. The summed E-state index contributed by atoms with van der Waals surface area (Å²) in [7, 11) is 0. The lowest BCUT2D eigenvalue weighted by atomic mass is 9.94. The molecule has 19 heavy (non-hydrogen) atoms. The van der Waals surface area contributed by atoms with Crippen molar-refractivity contribution in [3.8, 4) is 0 Å². The normalized spacial score (nSPS) is 20.1. The Morgan fingerprint density at radius 2 is 1.95 bits per heavy atom. The fraction of sp³-hybridized carbons (Fsp3) is 0.857. The van der Waals surface area contributed by atoms with Gasteiger partial charge >= 0.3 is 0 Å². The van der Waals surface area contributed by atoms with Crippen molar-refractivity contribution < 1.29 is 14.3 Å². The zero-order valence-electron chi connectivity index (χ0n) is 12.4. The van der Waals surface area contributed by atoms with Gasteiger partial charge in [0.25, 0.3) is 0 Å². The Morgan fingerprint density at radius 3 is 2.47 bits per heavy atom. The molecule has 1 aliphatic rings. The zero-order chi connectivity index (χ0) is 14.4. The number of nitrogens with zero attached hydrogens (tertiary/aromatic N) is 1. The molecule has 5 heteroatoms. The van der Waals surface area contributed by atoms with Crippen LogP contribution < -0.4 is 5.32 Å². The number of imide groups is 1. The smallest absolute Gasteiger partial charge is 0.233 e. The molecule has 0 bridgehead atoms. The molecule has 0 aromatic carbocycles. The predicted molar refractivity (Wildman–Crippen MR) is 73.6 cm³/mol. The van der Waals surface area contributed by atoms with Crippen LogP contribution in [0.1, 0.15) is 34.1 Å². The van der Waals surface area contributed by atoms with E-state index in [2.05, 4.69) is 19.2 Å². The Balaban J connectivity index is 2.22. The first kappa shape index (κ1) is 16.1. The Hall–Kier alpha value is -0.940. The number of amides is 2. The van der Waals surface area contributed by atoms with Crippen molar-refractivity contribution in [3.63, 3.8) is 0 Å². The second-order valence-electron chi connectivity index (χ2n) is 5.66. The first-order chi connectivity index (χ1) is 8.93. The van der Waals surface area contributed by atoms with Crippen LogP contribution >= 0.6 is 0 Å². The van der Waals surface area contributed by atoms with Crippen molar-refractivity contribution in [2.24, 2.45) is 11.8 Å². The van der Waals surface area contributed by atoms with Gasteiger partial charge in [-0.1, -0.05) is 27.7 Å². The van der Waals surface area contributed by atoms with Gasteiger partial charge in [-0.3, -0.25) is 14.5 Å². The van der Waals surface area contributed by atoms with Gasteiger partial charge in [0, 0.05) is 24.9 Å². The van der Waals surface area contributed by atoms with E-state index >= 15 is 0 Å². The molecule has 1 rings (SSSR count). The van der Waals surface area contributed by atoms with Crippen LogP contribution in [-0.4, -0.2) is 49.1 Å². The van der Waals surface area contributed by atoms with Gasteiger partial charge in [0.1, 0.15) is 0 Å². The monoisotopic (exact) mass is 270 g/mol. The number of likely N-dealkylation sites (tertiary alicyclic amines) is 1. The summed E-state index contributed by atoms with van der Waals surface area (Å²) in [5.41, 5.74) is 0. The summed E-state index contributed by atoms with van der Waals surface area (Å²) in [4.78, 5) is 25.1. The van der Waals surface area contributed by atoms with E-state index in [1.807, 2.05) is 13.8 Å². The van der Waals surface area contributed by atoms with Gasteiger partial charge in [-0.2, -0.15) is 0 Å². The lowest BCUT2D eigenvalue weighted by molar-refractivity contribution is -0.140. The minimum absolute atomic E-state index is 0.0381. The van der Waals surface area contributed by atoms with E-state index in [9.17, 15) is 9.59 Å². The summed E-state index contributed by atoms with van der Waals surface area (Å²) >= 11 is 0. The van der Waals surface area contributed by atoms with Crippen LogP contribution in [0.15, 0.2) is 0 Å². The lowest BCUT2D eigenvalue weighted by Crippen LogP contribution is -2.35. The fourth-order valence-corrected chi connectivity index (χ4v) is 2.14. The van der Waals surface area contributed by atoms with Crippen LogP contribution in [0.5, 0.6) is 0 Å². The molecule has 1 N–H and O–H groups in total. The van der Waals surface area contributed by atoms with Crippen molar-refractivity contribution in [1.29, 1.82) is 0 Å². The Labute approximate surface area is 115 Å². The molecule has 1 atom stereocenters. The first-order valence-electron chi connectivity index (χ1n) is 7.08. The first-order valence-corrected chi connectivity index (χ1v) is 7.08. The number of nitrogens with one attached hydrogen (secondary N) is 1. The minimum atomic E-state index is -0.143. The molecule has 0 aromatic heterocycles. The second-order valence-corrected chi connectivity index (χ2v) is 5.66. The summed E-state index contributed by atoms with van der Waals surface area (Å²) < 4.78 is 5.43. The molecule has 5 nitrogen and oxygen atoms in total. The predicted octanol–water partition coefficient (Wildman–Crippen LogP) is 1.03. The molecule has 1 fully saturated rings. The lowest BCUT2D eigenvalue weighted by Gasteiger charge is -2.16. The van der Waals surface area contributed by atoms with Gasteiger partial charge in [-0.05, 0) is 5.92 Å². The molecule has 0 radical (unpaired) electrons. The largest absolute Gasteiger partial charge is 0.378 e. The van der Waals surface area contributed by atoms with E-state index in [1.54, 1.807) is 0 Å². The summed E-state index contributed by atoms with van der Waals surface area (Å²) in [6.07, 6.45) is 0.353. The standard InChI is InChI=1S/C14H26N2O3/c1-10(2)12-9-13(17)16(14(12)18)6-8-19-7-5-15-11(3)4/h10-12,15H,5-9H2,1-4H3. The Morgan fingerprint density at radius 1 is 1.26 bits per heavy atom. The van der Waals surface area contributed by atoms with Crippen LogP contribution in [0.2, 0.25) is 0 Å². The van der Waals surface area contributed by atoms with Crippen molar-refractivity contribution in [3.05, 3.63) is 0 Å². The topological polar surface area (TPSA) is 58.6 Å². The van der Waals surface area contributed by atoms with Crippen LogP contribution in [0.25, 0.3) is 0 Å². The fourth-order valence-electron chi connectivity index (χ4n) is 2.14. The molecule has 1 unspecified atom stereocenters. The van der Waals surface area contributed by atoms with Crippen molar-refractivity contribution >= 4 is 11.8 Å². The van der Waals surface area contributed by atoms with Crippen LogP contribution in [0, 0.1) is 11.8 Å². The van der Waals surface area contributed by atoms with Crippen LogP contribution in [0.4, 0.5) is 0 Å². The third kappa shape index (κ3) is 4.91. The highest BCUT2D eigenvalue weighted by Gasteiger charge is 2.39. The van der Waals surface area contributed by atoms with Gasteiger partial charge in [-0.15, -0.1) is 0 Å². The number of carbonyl (C=O) groups excluding carboxylic acids is 2. The molecule has 110 valence electrons. The SMILES string of the molecule is CC(C)NCCOCCN1C(=O)CC(C(C)C)C1=O. The number of hydrogen-bond acceptors (Lipinski definition) is 4. The molecular formula is C14H26N2O3. The summed E-state index contributed by atoms with van der Waals surface area (Å²) in [5.74, 6) is -0.0239. The average molecular weight is 270 g/mol. The third-order valence-corrected chi connectivity index (χ3v) is 3.34. The molecule has 0 aromatic rings. The zero-order valence-corrected chi connectivity index (χ0v) is 12.4. The number of ether oxygens (including phenoxy) is 1. The van der Waals surface area contributed by atoms with E-state index in [1.165, 1.54) is 4.90 Å². The van der Waals surface area contributed by atoms with Crippen LogP contribution in [0.3, 0.4) is 0 Å². The minimum Gasteiger partial charge on any atom is -0.378 e. The molecule has 2 amide bonds. The maximum Gasteiger partial charge on any atom is 0.233 e. The highest BCUT2D eigenvalue weighted by atomic mass is 16.5. The van der Waals surface area contributed by atoms with E-state index in [0.29, 0.717) is 32.2 Å². The number of rotatable bonds is 8. The molecular weight excluding hydrogens is 244 g/mol. The molecule has 0 aliphatic carbocycles.